The summed E-state index contributed by atoms with van der Waals surface area (Å²) in [6.45, 7) is 5.13. The van der Waals surface area contributed by atoms with Gasteiger partial charge in [-0.25, -0.2) is 13.1 Å². The smallest absolute Gasteiger partial charge is 0.242 e. The standard InChI is InChI=1S/C15H21ClN2O4S/c1-15(2-4-17-5-3-15)10-18-23(19,20)14-9-13-12(8-11(14)16)21-6-7-22-13/h8-9,17-18H,2-7,10H2,1H3. The number of halogens is 1. The Morgan fingerprint density at radius 2 is 1.83 bits per heavy atom. The minimum Gasteiger partial charge on any atom is -0.486 e. The summed E-state index contributed by atoms with van der Waals surface area (Å²) in [5.74, 6) is 0.889. The number of fused-ring (bicyclic) bond motifs is 1. The van der Waals surface area contributed by atoms with Crippen LogP contribution in [0.15, 0.2) is 17.0 Å². The van der Waals surface area contributed by atoms with Gasteiger partial charge >= 0.3 is 0 Å². The van der Waals surface area contributed by atoms with Crippen molar-refractivity contribution in [1.82, 2.24) is 10.0 Å². The van der Waals surface area contributed by atoms with E-state index in [1.54, 1.807) is 0 Å². The third kappa shape index (κ3) is 3.74. The average Bonchev–Trinajstić information content (AvgIpc) is 2.53. The van der Waals surface area contributed by atoms with Crippen LogP contribution in [-0.2, 0) is 10.0 Å². The maximum absolute atomic E-state index is 12.6. The van der Waals surface area contributed by atoms with Crippen molar-refractivity contribution in [3.8, 4) is 11.5 Å². The highest BCUT2D eigenvalue weighted by molar-refractivity contribution is 7.89. The van der Waals surface area contributed by atoms with Crippen LogP contribution in [0.4, 0.5) is 0 Å². The topological polar surface area (TPSA) is 76.7 Å². The number of benzene rings is 1. The monoisotopic (exact) mass is 360 g/mol. The Morgan fingerprint density at radius 1 is 1.22 bits per heavy atom. The Hall–Kier alpha value is -1.02. The summed E-state index contributed by atoms with van der Waals surface area (Å²) in [6.07, 6.45) is 1.87. The molecule has 0 atom stereocenters. The van der Waals surface area contributed by atoms with E-state index in [0.29, 0.717) is 31.3 Å². The van der Waals surface area contributed by atoms with Crippen LogP contribution in [0.3, 0.4) is 0 Å². The third-order valence-corrected chi connectivity index (χ3v) is 6.25. The summed E-state index contributed by atoms with van der Waals surface area (Å²) in [6, 6.07) is 2.93. The van der Waals surface area contributed by atoms with Gasteiger partial charge < -0.3 is 14.8 Å². The van der Waals surface area contributed by atoms with Crippen LogP contribution in [-0.4, -0.2) is 41.3 Å². The molecule has 3 rings (SSSR count). The quantitative estimate of drug-likeness (QED) is 0.856. The molecular formula is C15H21ClN2O4S. The summed E-state index contributed by atoms with van der Waals surface area (Å²) in [5.41, 5.74) is -0.0430. The fourth-order valence-corrected chi connectivity index (χ4v) is 4.54. The summed E-state index contributed by atoms with van der Waals surface area (Å²) >= 11 is 6.14. The molecule has 128 valence electrons. The number of ether oxygens (including phenoxy) is 2. The lowest BCUT2D eigenvalue weighted by atomic mass is 9.81. The minimum atomic E-state index is -3.70. The van der Waals surface area contributed by atoms with E-state index in [-0.39, 0.29) is 15.3 Å². The second-order valence-corrected chi connectivity index (χ2v) is 8.45. The van der Waals surface area contributed by atoms with Crippen LogP contribution in [0.5, 0.6) is 11.5 Å². The molecule has 0 unspecified atom stereocenters. The lowest BCUT2D eigenvalue weighted by molar-refractivity contribution is 0.171. The van der Waals surface area contributed by atoms with Crippen molar-refractivity contribution < 1.29 is 17.9 Å². The summed E-state index contributed by atoms with van der Waals surface area (Å²) in [7, 11) is -3.70. The van der Waals surface area contributed by atoms with Gasteiger partial charge in [-0.05, 0) is 31.3 Å². The number of piperidine rings is 1. The van der Waals surface area contributed by atoms with Crippen LogP contribution < -0.4 is 19.5 Å². The van der Waals surface area contributed by atoms with Crippen LogP contribution in [0.1, 0.15) is 19.8 Å². The van der Waals surface area contributed by atoms with Gasteiger partial charge in [0.1, 0.15) is 18.1 Å². The number of sulfonamides is 1. The maximum Gasteiger partial charge on any atom is 0.242 e. The van der Waals surface area contributed by atoms with Gasteiger partial charge in [0.2, 0.25) is 10.0 Å². The van der Waals surface area contributed by atoms with Crippen LogP contribution in [0.25, 0.3) is 0 Å². The van der Waals surface area contributed by atoms with Crippen molar-refractivity contribution in [3.63, 3.8) is 0 Å². The normalized spacial score (nSPS) is 20.3. The molecule has 2 N–H and O–H groups in total. The van der Waals surface area contributed by atoms with E-state index >= 15 is 0 Å². The molecular weight excluding hydrogens is 340 g/mol. The van der Waals surface area contributed by atoms with Gasteiger partial charge in [0.05, 0.1) is 5.02 Å². The first-order valence-electron chi connectivity index (χ1n) is 7.69. The van der Waals surface area contributed by atoms with E-state index in [1.165, 1.54) is 12.1 Å². The van der Waals surface area contributed by atoms with Crippen molar-refractivity contribution in [2.45, 2.75) is 24.7 Å². The van der Waals surface area contributed by atoms with Crippen molar-refractivity contribution >= 4 is 21.6 Å². The first-order valence-corrected chi connectivity index (χ1v) is 9.55. The SMILES string of the molecule is CC1(CNS(=O)(=O)c2cc3c(cc2Cl)OCCO3)CCNCC1. The summed E-state index contributed by atoms with van der Waals surface area (Å²) in [4.78, 5) is 0.0287. The molecule has 0 aliphatic carbocycles. The second kappa shape index (κ2) is 6.47. The molecule has 2 aliphatic rings. The van der Waals surface area contributed by atoms with Crippen LogP contribution in [0, 0.1) is 5.41 Å². The predicted molar refractivity (Wildman–Crippen MR) is 87.8 cm³/mol. The molecule has 0 radical (unpaired) electrons. The zero-order chi connectivity index (χ0) is 16.5. The Morgan fingerprint density at radius 3 is 2.48 bits per heavy atom. The van der Waals surface area contributed by atoms with Gasteiger partial charge in [-0.3, -0.25) is 0 Å². The number of hydrogen-bond donors (Lipinski definition) is 2. The highest BCUT2D eigenvalue weighted by Crippen LogP contribution is 2.37. The van der Waals surface area contributed by atoms with Crippen molar-refractivity contribution in [2.24, 2.45) is 5.41 Å². The minimum absolute atomic E-state index is 0.0287. The van der Waals surface area contributed by atoms with Gasteiger partial charge in [-0.1, -0.05) is 18.5 Å². The molecule has 2 aliphatic heterocycles. The van der Waals surface area contributed by atoms with E-state index in [1.807, 2.05) is 0 Å². The third-order valence-electron chi connectivity index (χ3n) is 4.39. The highest BCUT2D eigenvalue weighted by Gasteiger charge is 2.30. The molecule has 1 saturated heterocycles. The van der Waals surface area contributed by atoms with E-state index in [0.717, 1.165) is 25.9 Å². The number of nitrogens with one attached hydrogen (secondary N) is 2. The molecule has 0 spiro atoms. The zero-order valence-corrected chi connectivity index (χ0v) is 14.6. The molecule has 2 heterocycles. The zero-order valence-electron chi connectivity index (χ0n) is 13.0. The molecule has 1 aromatic rings. The van der Waals surface area contributed by atoms with Gasteiger partial charge in [0, 0.05) is 18.7 Å². The second-order valence-electron chi connectivity index (χ2n) is 6.31. The van der Waals surface area contributed by atoms with Crippen molar-refractivity contribution in [1.29, 1.82) is 0 Å². The number of rotatable bonds is 4. The van der Waals surface area contributed by atoms with E-state index in [2.05, 4.69) is 17.0 Å². The van der Waals surface area contributed by atoms with Gasteiger partial charge in [-0.15, -0.1) is 0 Å². The van der Waals surface area contributed by atoms with E-state index in [4.69, 9.17) is 21.1 Å². The summed E-state index contributed by atoms with van der Waals surface area (Å²) < 4.78 is 38.8. The molecule has 0 aromatic heterocycles. The molecule has 0 amide bonds. The van der Waals surface area contributed by atoms with E-state index < -0.39 is 10.0 Å². The van der Waals surface area contributed by atoms with Crippen molar-refractivity contribution in [3.05, 3.63) is 17.2 Å². The van der Waals surface area contributed by atoms with E-state index in [9.17, 15) is 8.42 Å². The highest BCUT2D eigenvalue weighted by atomic mass is 35.5. The molecule has 1 fully saturated rings. The average molecular weight is 361 g/mol. The fourth-order valence-electron chi connectivity index (χ4n) is 2.81. The summed E-state index contributed by atoms with van der Waals surface area (Å²) in [5, 5.41) is 3.42. The molecule has 0 bridgehead atoms. The predicted octanol–water partition coefficient (Wildman–Crippen LogP) is 1.78. The Labute approximate surface area is 141 Å². The Bertz CT molecular complexity index is 687. The first kappa shape index (κ1) is 16.8. The molecule has 0 saturated carbocycles. The Kier molecular flexibility index (Phi) is 4.73. The fraction of sp³-hybridized carbons (Fsp3) is 0.600. The molecule has 1 aromatic carbocycles. The molecule has 6 nitrogen and oxygen atoms in total. The lowest BCUT2D eigenvalue weighted by Crippen LogP contribution is -2.42. The van der Waals surface area contributed by atoms with Crippen LogP contribution >= 0.6 is 11.6 Å². The molecule has 23 heavy (non-hydrogen) atoms. The Balaban J connectivity index is 1.79. The van der Waals surface area contributed by atoms with Gasteiger partial charge in [0.25, 0.3) is 0 Å². The van der Waals surface area contributed by atoms with Crippen molar-refractivity contribution in [2.75, 3.05) is 32.8 Å². The maximum atomic E-state index is 12.6. The number of hydrogen-bond acceptors (Lipinski definition) is 5. The van der Waals surface area contributed by atoms with Gasteiger partial charge in [0.15, 0.2) is 11.5 Å². The van der Waals surface area contributed by atoms with Gasteiger partial charge in [-0.2, -0.15) is 0 Å². The molecule has 8 heteroatoms. The van der Waals surface area contributed by atoms with Crippen LogP contribution in [0.2, 0.25) is 5.02 Å². The lowest BCUT2D eigenvalue weighted by Gasteiger charge is -2.34. The largest absolute Gasteiger partial charge is 0.486 e. The first-order chi connectivity index (χ1) is 10.9.